The Kier molecular flexibility index (Phi) is 18.2. The Morgan fingerprint density at radius 3 is 1.39 bits per heavy atom. The molecule has 0 aliphatic heterocycles. The Labute approximate surface area is 143 Å². The highest BCUT2D eigenvalue weighted by Gasteiger charge is 2.00. The van der Waals surface area contributed by atoms with Gasteiger partial charge in [-0.05, 0) is 18.3 Å². The fourth-order valence-electron chi connectivity index (χ4n) is 2.34. The summed E-state index contributed by atoms with van der Waals surface area (Å²) in [6.45, 7) is 7.16. The minimum atomic E-state index is -5.17. The number of hydrogen-bond donors (Lipinski definition) is 1. The monoisotopic (exact) mass is 352 g/mol. The van der Waals surface area contributed by atoms with Crippen LogP contribution < -0.4 is 0 Å². The second kappa shape index (κ2) is 16.7. The average Bonchev–Trinajstić information content (AvgIpc) is 2.46. The van der Waals surface area contributed by atoms with E-state index in [1.807, 2.05) is 0 Å². The summed E-state index contributed by atoms with van der Waals surface area (Å²) >= 11 is 0. The first-order valence-electron chi connectivity index (χ1n) is 8.98. The van der Waals surface area contributed by atoms with Crippen LogP contribution in [0.25, 0.3) is 0 Å². The van der Waals surface area contributed by atoms with Crippen molar-refractivity contribution >= 4 is 10.4 Å². The van der Waals surface area contributed by atoms with Gasteiger partial charge in [0.25, 0.3) is 0 Å². The molecule has 6 heteroatoms. The molecule has 23 heavy (non-hydrogen) atoms. The Morgan fingerprint density at radius 2 is 1.09 bits per heavy atom. The third-order valence-corrected chi connectivity index (χ3v) is 4.15. The van der Waals surface area contributed by atoms with Gasteiger partial charge < -0.3 is 14.2 Å². The molecule has 0 heterocycles. The number of unbranched alkanes of at least 4 members (excludes halogenated alkanes) is 7. The lowest BCUT2D eigenvalue weighted by atomic mass is 9.99. The Balaban J connectivity index is 0. The van der Waals surface area contributed by atoms with E-state index < -0.39 is 10.4 Å². The highest BCUT2D eigenvalue weighted by Crippen LogP contribution is 2.15. The summed E-state index contributed by atoms with van der Waals surface area (Å²) in [5, 5.41) is 8.91. The minimum Gasteiger partial charge on any atom is -0.759 e. The first-order chi connectivity index (χ1) is 10.7. The lowest BCUT2D eigenvalue weighted by molar-refractivity contribution is 0.227. The van der Waals surface area contributed by atoms with E-state index in [0.29, 0.717) is 12.5 Å². The van der Waals surface area contributed by atoms with Gasteiger partial charge in [0.2, 0.25) is 0 Å². The molecule has 0 amide bonds. The van der Waals surface area contributed by atoms with Crippen LogP contribution in [0, 0.1) is 11.8 Å². The summed E-state index contributed by atoms with van der Waals surface area (Å²) in [7, 11) is -5.17. The number of aliphatic hydroxyl groups is 1. The first-order valence-corrected chi connectivity index (χ1v) is 10.3. The van der Waals surface area contributed by atoms with Crippen LogP contribution in [0.3, 0.4) is 0 Å². The third-order valence-electron chi connectivity index (χ3n) is 4.15. The number of hydrogen-bond acceptors (Lipinski definition) is 5. The Bertz CT molecular complexity index is 304. The van der Waals surface area contributed by atoms with Gasteiger partial charge in [-0.3, -0.25) is 8.42 Å². The van der Waals surface area contributed by atoms with E-state index in [-0.39, 0.29) is 0 Å². The molecular formula is C17H36O5S-2. The third kappa shape index (κ3) is 30.3. The highest BCUT2D eigenvalue weighted by atomic mass is 32.3. The molecule has 0 aromatic heterocycles. The fraction of sp³-hybridized carbons (Fsp3) is 1.00. The van der Waals surface area contributed by atoms with E-state index in [9.17, 15) is 0 Å². The molecule has 0 bridgehead atoms. The second-order valence-corrected chi connectivity index (χ2v) is 7.43. The maximum absolute atomic E-state index is 8.91. The topological polar surface area (TPSA) is 100 Å². The van der Waals surface area contributed by atoms with Crippen molar-refractivity contribution in [1.29, 1.82) is 0 Å². The normalized spacial score (nSPS) is 14.0. The van der Waals surface area contributed by atoms with Crippen LogP contribution in [-0.2, 0) is 10.4 Å². The molecule has 0 saturated carbocycles. The molecule has 0 radical (unpaired) electrons. The van der Waals surface area contributed by atoms with Crippen molar-refractivity contribution in [2.75, 3.05) is 6.61 Å². The predicted octanol–water partition coefficient (Wildman–Crippen LogP) is 4.22. The molecule has 0 rings (SSSR count). The number of aliphatic hydroxyl groups excluding tert-OH is 1. The van der Waals surface area contributed by atoms with Crippen molar-refractivity contribution in [3.05, 3.63) is 0 Å². The molecule has 0 aliphatic rings. The van der Waals surface area contributed by atoms with Gasteiger partial charge in [0.1, 0.15) is 0 Å². The zero-order valence-corrected chi connectivity index (χ0v) is 15.9. The fourth-order valence-corrected chi connectivity index (χ4v) is 2.34. The molecule has 142 valence electrons. The van der Waals surface area contributed by atoms with Crippen LogP contribution in [0.15, 0.2) is 0 Å². The van der Waals surface area contributed by atoms with Gasteiger partial charge in [0.15, 0.2) is 0 Å². The van der Waals surface area contributed by atoms with Gasteiger partial charge in [-0.2, -0.15) is 0 Å². The van der Waals surface area contributed by atoms with E-state index in [2.05, 4.69) is 20.8 Å². The second-order valence-electron chi connectivity index (χ2n) is 6.62. The Hall–Kier alpha value is -0.170. The van der Waals surface area contributed by atoms with Crippen molar-refractivity contribution in [1.82, 2.24) is 0 Å². The van der Waals surface area contributed by atoms with Crippen molar-refractivity contribution < 1.29 is 22.6 Å². The average molecular weight is 353 g/mol. The van der Waals surface area contributed by atoms with E-state index in [1.165, 1.54) is 70.6 Å². The van der Waals surface area contributed by atoms with E-state index in [0.717, 1.165) is 5.92 Å². The Morgan fingerprint density at radius 1 is 0.783 bits per heavy atom. The smallest absolute Gasteiger partial charge is 0.0456 e. The summed E-state index contributed by atoms with van der Waals surface area (Å²) in [5.74, 6) is 1.43. The van der Waals surface area contributed by atoms with Crippen molar-refractivity contribution in [2.24, 2.45) is 11.8 Å². The summed E-state index contributed by atoms with van der Waals surface area (Å²) in [5.41, 5.74) is 0. The van der Waals surface area contributed by atoms with Gasteiger partial charge >= 0.3 is 0 Å². The van der Waals surface area contributed by atoms with Crippen LogP contribution in [-0.4, -0.2) is 29.2 Å². The summed E-state index contributed by atoms with van der Waals surface area (Å²) < 4.78 is 34.1. The van der Waals surface area contributed by atoms with E-state index >= 15 is 0 Å². The molecule has 0 fully saturated rings. The van der Waals surface area contributed by atoms with Crippen LogP contribution in [0.5, 0.6) is 0 Å². The SMILES string of the molecule is CCC(C)CCCCCCCCCCC(C)CO.O=S(=O)([O-])[O-]. The minimum absolute atomic E-state index is 0.357. The first kappa shape index (κ1) is 25.1. The quantitative estimate of drug-likeness (QED) is 0.304. The van der Waals surface area contributed by atoms with Crippen LogP contribution in [0.4, 0.5) is 0 Å². The van der Waals surface area contributed by atoms with Crippen molar-refractivity contribution in [3.8, 4) is 0 Å². The lowest BCUT2D eigenvalue weighted by Gasteiger charge is -2.08. The molecule has 1 N–H and O–H groups in total. The van der Waals surface area contributed by atoms with Crippen LogP contribution in [0.1, 0.15) is 91.4 Å². The highest BCUT2D eigenvalue weighted by molar-refractivity contribution is 7.79. The zero-order chi connectivity index (χ0) is 18.1. The van der Waals surface area contributed by atoms with Crippen LogP contribution >= 0.6 is 0 Å². The van der Waals surface area contributed by atoms with Gasteiger partial charge in [-0.25, -0.2) is 0 Å². The standard InChI is InChI=1S/C17H36O.H2O4S/c1-4-16(2)13-11-9-7-5-6-8-10-12-14-17(3)15-18;1-5(2,3)4/h16-18H,4-15H2,1-3H3;(H2,1,2,3,4)/p-2. The van der Waals surface area contributed by atoms with E-state index in [1.54, 1.807) is 0 Å². The molecule has 0 spiro atoms. The predicted molar refractivity (Wildman–Crippen MR) is 92.3 cm³/mol. The maximum Gasteiger partial charge on any atom is 0.0456 e. The van der Waals surface area contributed by atoms with Crippen LogP contribution in [0.2, 0.25) is 0 Å². The molecule has 0 aromatic carbocycles. The molecule has 2 unspecified atom stereocenters. The number of rotatable bonds is 13. The largest absolute Gasteiger partial charge is 0.759 e. The maximum atomic E-state index is 8.91. The summed E-state index contributed by atoms with van der Waals surface area (Å²) in [4.78, 5) is 0. The summed E-state index contributed by atoms with van der Waals surface area (Å²) in [6, 6.07) is 0. The molecule has 0 saturated heterocycles. The zero-order valence-electron chi connectivity index (χ0n) is 15.1. The molecular weight excluding hydrogens is 316 g/mol. The van der Waals surface area contributed by atoms with Crippen molar-refractivity contribution in [2.45, 2.75) is 91.4 Å². The molecule has 5 nitrogen and oxygen atoms in total. The molecule has 0 aromatic rings. The lowest BCUT2D eigenvalue weighted by Crippen LogP contribution is -1.99. The van der Waals surface area contributed by atoms with Gasteiger partial charge in [-0.15, -0.1) is 0 Å². The molecule has 0 aliphatic carbocycles. The van der Waals surface area contributed by atoms with Crippen molar-refractivity contribution in [3.63, 3.8) is 0 Å². The summed E-state index contributed by atoms with van der Waals surface area (Å²) in [6.07, 6.45) is 15.2. The van der Waals surface area contributed by atoms with E-state index in [4.69, 9.17) is 22.6 Å². The van der Waals surface area contributed by atoms with Gasteiger partial charge in [0.05, 0.1) is 0 Å². The molecule has 2 atom stereocenters. The van der Waals surface area contributed by atoms with Gasteiger partial charge in [-0.1, -0.05) is 85.0 Å². The van der Waals surface area contributed by atoms with Gasteiger partial charge in [0, 0.05) is 17.0 Å².